The maximum Gasteiger partial charge on any atom is 0.337 e. The summed E-state index contributed by atoms with van der Waals surface area (Å²) in [5.41, 5.74) is 6.18. The fourth-order valence-corrected chi connectivity index (χ4v) is 3.12. The van der Waals surface area contributed by atoms with Crippen LogP contribution in [0.5, 0.6) is 0 Å². The van der Waals surface area contributed by atoms with Gasteiger partial charge in [-0.15, -0.1) is 11.8 Å². The second-order valence-corrected chi connectivity index (χ2v) is 5.88. The number of hydrogen-bond donors (Lipinski definition) is 2. The first kappa shape index (κ1) is 15.9. The highest BCUT2D eigenvalue weighted by molar-refractivity contribution is 7.99. The van der Waals surface area contributed by atoms with E-state index in [1.807, 2.05) is 6.07 Å². The van der Waals surface area contributed by atoms with E-state index in [9.17, 15) is 4.79 Å². The Bertz CT molecular complexity index is 421. The Morgan fingerprint density at radius 3 is 2.74 bits per heavy atom. The van der Waals surface area contributed by atoms with Crippen molar-refractivity contribution in [2.24, 2.45) is 5.92 Å². The molecule has 4 heteroatoms. The normalized spacial score (nSPS) is 12.3. The molecule has 19 heavy (non-hydrogen) atoms. The first-order valence-electron chi connectivity index (χ1n) is 6.84. The Hall–Kier alpha value is -1.16. The zero-order valence-corrected chi connectivity index (χ0v) is 12.5. The van der Waals surface area contributed by atoms with Crippen LogP contribution in [-0.2, 0) is 0 Å². The Labute approximate surface area is 119 Å². The molecule has 0 aliphatic heterocycles. The Kier molecular flexibility index (Phi) is 6.78. The van der Waals surface area contributed by atoms with Crippen LogP contribution in [0.3, 0.4) is 0 Å². The number of carboxylic acids is 1. The van der Waals surface area contributed by atoms with Crippen LogP contribution in [0.25, 0.3) is 0 Å². The van der Waals surface area contributed by atoms with E-state index in [1.54, 1.807) is 23.9 Å². The Morgan fingerprint density at radius 1 is 1.42 bits per heavy atom. The quantitative estimate of drug-likeness (QED) is 0.551. The lowest BCUT2D eigenvalue weighted by Crippen LogP contribution is -2.04. The van der Waals surface area contributed by atoms with Crippen LogP contribution in [0.15, 0.2) is 23.1 Å². The number of hydrogen-bond acceptors (Lipinski definition) is 3. The van der Waals surface area contributed by atoms with Crippen molar-refractivity contribution in [3.05, 3.63) is 23.8 Å². The summed E-state index contributed by atoms with van der Waals surface area (Å²) < 4.78 is 0. The van der Waals surface area contributed by atoms with Gasteiger partial charge in [0.2, 0.25) is 0 Å². The molecule has 1 atom stereocenters. The average molecular weight is 281 g/mol. The van der Waals surface area contributed by atoms with Crippen molar-refractivity contribution >= 4 is 23.4 Å². The average Bonchev–Trinajstić information content (AvgIpc) is 2.40. The van der Waals surface area contributed by atoms with Gasteiger partial charge in [0.15, 0.2) is 0 Å². The first-order valence-corrected chi connectivity index (χ1v) is 7.82. The molecule has 0 saturated heterocycles. The van der Waals surface area contributed by atoms with Gasteiger partial charge in [0, 0.05) is 16.3 Å². The number of nitrogens with two attached hydrogens (primary N) is 1. The van der Waals surface area contributed by atoms with Crippen molar-refractivity contribution in [2.45, 2.75) is 44.4 Å². The SMILES string of the molecule is CCCCC(CC)CSc1ccc(N)c(C(=O)O)c1. The Morgan fingerprint density at radius 2 is 2.16 bits per heavy atom. The highest BCUT2D eigenvalue weighted by atomic mass is 32.2. The van der Waals surface area contributed by atoms with E-state index in [-0.39, 0.29) is 5.56 Å². The van der Waals surface area contributed by atoms with E-state index in [1.165, 1.54) is 25.7 Å². The fourth-order valence-electron chi connectivity index (χ4n) is 1.92. The first-order chi connectivity index (χ1) is 9.08. The number of carbonyl (C=O) groups is 1. The molecular formula is C15H23NO2S. The highest BCUT2D eigenvalue weighted by Crippen LogP contribution is 2.27. The van der Waals surface area contributed by atoms with Gasteiger partial charge in [-0.05, 0) is 30.5 Å². The number of aromatic carboxylic acids is 1. The number of unbranched alkanes of at least 4 members (excludes halogenated alkanes) is 1. The van der Waals surface area contributed by atoms with Gasteiger partial charge in [0.05, 0.1) is 5.56 Å². The summed E-state index contributed by atoms with van der Waals surface area (Å²) in [6.45, 7) is 4.42. The number of carboxylic acid groups (broad SMARTS) is 1. The fraction of sp³-hybridized carbons (Fsp3) is 0.533. The third-order valence-corrected chi connectivity index (χ3v) is 4.51. The van der Waals surface area contributed by atoms with Gasteiger partial charge >= 0.3 is 5.97 Å². The maximum absolute atomic E-state index is 11.0. The minimum atomic E-state index is -0.960. The van der Waals surface area contributed by atoms with E-state index >= 15 is 0 Å². The summed E-state index contributed by atoms with van der Waals surface area (Å²) >= 11 is 1.72. The molecule has 3 nitrogen and oxygen atoms in total. The molecule has 0 amide bonds. The number of benzene rings is 1. The van der Waals surface area contributed by atoms with Gasteiger partial charge in [-0.1, -0.05) is 33.1 Å². The van der Waals surface area contributed by atoms with Crippen LogP contribution in [-0.4, -0.2) is 16.8 Å². The summed E-state index contributed by atoms with van der Waals surface area (Å²) in [5, 5.41) is 9.04. The van der Waals surface area contributed by atoms with Crippen LogP contribution in [0.4, 0.5) is 5.69 Å². The molecule has 0 spiro atoms. The van der Waals surface area contributed by atoms with Crippen molar-refractivity contribution < 1.29 is 9.90 Å². The molecule has 0 aromatic heterocycles. The largest absolute Gasteiger partial charge is 0.478 e. The third-order valence-electron chi connectivity index (χ3n) is 3.28. The summed E-state index contributed by atoms with van der Waals surface area (Å²) in [6.07, 6.45) is 4.92. The van der Waals surface area contributed by atoms with Crippen LogP contribution >= 0.6 is 11.8 Å². The van der Waals surface area contributed by atoms with E-state index < -0.39 is 5.97 Å². The molecule has 1 aromatic rings. The van der Waals surface area contributed by atoms with Gasteiger partial charge in [-0.2, -0.15) is 0 Å². The van der Waals surface area contributed by atoms with E-state index in [4.69, 9.17) is 10.8 Å². The topological polar surface area (TPSA) is 63.3 Å². The molecule has 1 rings (SSSR count). The molecule has 106 valence electrons. The smallest absolute Gasteiger partial charge is 0.337 e. The summed E-state index contributed by atoms with van der Waals surface area (Å²) in [6, 6.07) is 5.26. The molecule has 3 N–H and O–H groups in total. The molecular weight excluding hydrogens is 258 g/mol. The van der Waals surface area contributed by atoms with Crippen molar-refractivity contribution in [3.8, 4) is 0 Å². The number of rotatable bonds is 8. The molecule has 0 aliphatic rings. The predicted molar refractivity (Wildman–Crippen MR) is 81.8 cm³/mol. The van der Waals surface area contributed by atoms with Crippen molar-refractivity contribution in [2.75, 3.05) is 11.5 Å². The zero-order valence-electron chi connectivity index (χ0n) is 11.7. The summed E-state index contributed by atoms with van der Waals surface area (Å²) in [4.78, 5) is 12.0. The molecule has 0 fully saturated rings. The van der Waals surface area contributed by atoms with Crippen LogP contribution in [0.1, 0.15) is 49.9 Å². The maximum atomic E-state index is 11.0. The second kappa shape index (κ2) is 8.10. The van der Waals surface area contributed by atoms with Gasteiger partial charge < -0.3 is 10.8 Å². The van der Waals surface area contributed by atoms with Gasteiger partial charge in [0.1, 0.15) is 0 Å². The lowest BCUT2D eigenvalue weighted by Gasteiger charge is -2.14. The molecule has 0 bridgehead atoms. The molecule has 0 saturated carbocycles. The molecule has 1 unspecified atom stereocenters. The van der Waals surface area contributed by atoms with E-state index in [0.29, 0.717) is 11.6 Å². The molecule has 0 heterocycles. The van der Waals surface area contributed by atoms with Gasteiger partial charge in [-0.3, -0.25) is 0 Å². The van der Waals surface area contributed by atoms with Crippen molar-refractivity contribution in [1.29, 1.82) is 0 Å². The second-order valence-electron chi connectivity index (χ2n) is 4.78. The van der Waals surface area contributed by atoms with Crippen molar-refractivity contribution in [1.82, 2.24) is 0 Å². The number of nitrogen functional groups attached to an aromatic ring is 1. The van der Waals surface area contributed by atoms with E-state index in [0.717, 1.165) is 10.6 Å². The summed E-state index contributed by atoms with van der Waals surface area (Å²) in [7, 11) is 0. The number of anilines is 1. The lowest BCUT2D eigenvalue weighted by atomic mass is 10.0. The van der Waals surface area contributed by atoms with Gasteiger partial charge in [0.25, 0.3) is 0 Å². The minimum Gasteiger partial charge on any atom is -0.478 e. The van der Waals surface area contributed by atoms with Crippen LogP contribution in [0, 0.1) is 5.92 Å². The van der Waals surface area contributed by atoms with Gasteiger partial charge in [-0.25, -0.2) is 4.79 Å². The lowest BCUT2D eigenvalue weighted by molar-refractivity contribution is 0.0698. The standard InChI is InChI=1S/C15H23NO2S/c1-3-5-6-11(4-2)10-19-12-7-8-14(16)13(9-12)15(17)18/h7-9,11H,3-6,10,16H2,1-2H3,(H,17,18). The highest BCUT2D eigenvalue weighted by Gasteiger charge is 2.11. The molecule has 0 aliphatic carbocycles. The number of thioether (sulfide) groups is 1. The minimum absolute atomic E-state index is 0.201. The molecule has 1 aromatic carbocycles. The Balaban J connectivity index is 2.61. The molecule has 0 radical (unpaired) electrons. The third kappa shape index (κ3) is 5.15. The van der Waals surface area contributed by atoms with E-state index in [2.05, 4.69) is 13.8 Å². The zero-order chi connectivity index (χ0) is 14.3. The van der Waals surface area contributed by atoms with Crippen LogP contribution < -0.4 is 5.73 Å². The van der Waals surface area contributed by atoms with Crippen molar-refractivity contribution in [3.63, 3.8) is 0 Å². The van der Waals surface area contributed by atoms with Crippen LogP contribution in [0.2, 0.25) is 0 Å². The predicted octanol–water partition coefficient (Wildman–Crippen LogP) is 4.28. The monoisotopic (exact) mass is 281 g/mol. The summed E-state index contributed by atoms with van der Waals surface area (Å²) in [5.74, 6) is 0.785.